The van der Waals surface area contributed by atoms with Crippen molar-refractivity contribution in [1.29, 1.82) is 0 Å². The van der Waals surface area contributed by atoms with Crippen LogP contribution in [0.15, 0.2) is 53.4 Å². The number of benzene rings is 2. The molecule has 2 aliphatic heterocycles. The third-order valence-electron chi connectivity index (χ3n) is 5.97. The van der Waals surface area contributed by atoms with Crippen molar-refractivity contribution >= 4 is 39.4 Å². The van der Waals surface area contributed by atoms with Crippen LogP contribution in [0.1, 0.15) is 46.9 Å². The average molecular weight is 500 g/mol. The number of fused-ring (bicyclic) bond motifs is 1. The van der Waals surface area contributed by atoms with Crippen LogP contribution in [0.3, 0.4) is 0 Å². The monoisotopic (exact) mass is 499 g/mol. The first-order valence-electron chi connectivity index (χ1n) is 11.2. The van der Waals surface area contributed by atoms with Gasteiger partial charge in [0.25, 0.3) is 17.7 Å². The molecular formula is C24H25N3O7S. The normalized spacial score (nSPS) is 17.1. The van der Waals surface area contributed by atoms with Crippen molar-refractivity contribution < 1.29 is 32.3 Å². The lowest BCUT2D eigenvalue weighted by Gasteiger charge is -2.26. The number of esters is 1. The van der Waals surface area contributed by atoms with Crippen molar-refractivity contribution in [3.8, 4) is 0 Å². The molecule has 1 saturated heterocycles. The molecular weight excluding hydrogens is 474 g/mol. The number of hydrogen-bond donors (Lipinski definition) is 1. The second-order valence-electron chi connectivity index (χ2n) is 8.35. The van der Waals surface area contributed by atoms with Crippen LogP contribution in [0, 0.1) is 0 Å². The Bertz CT molecular complexity index is 1250. The largest absolute Gasteiger partial charge is 0.454 e. The van der Waals surface area contributed by atoms with Gasteiger partial charge in [-0.2, -0.15) is 4.31 Å². The van der Waals surface area contributed by atoms with E-state index in [2.05, 4.69) is 5.32 Å². The number of rotatable bonds is 7. The number of carbonyl (C=O) groups is 4. The van der Waals surface area contributed by atoms with Gasteiger partial charge in [0.05, 0.1) is 16.0 Å². The molecule has 1 unspecified atom stereocenters. The molecule has 0 bridgehead atoms. The van der Waals surface area contributed by atoms with E-state index in [1.807, 2.05) is 0 Å². The Morgan fingerprint density at radius 1 is 0.971 bits per heavy atom. The van der Waals surface area contributed by atoms with E-state index in [0.29, 0.717) is 13.1 Å². The zero-order valence-electron chi connectivity index (χ0n) is 19.1. The van der Waals surface area contributed by atoms with Gasteiger partial charge in [-0.15, -0.1) is 0 Å². The zero-order chi connectivity index (χ0) is 25.2. The van der Waals surface area contributed by atoms with Gasteiger partial charge in [-0.3, -0.25) is 19.3 Å². The van der Waals surface area contributed by atoms with Crippen molar-refractivity contribution in [3.05, 3.63) is 59.7 Å². The Balaban J connectivity index is 1.35. The molecule has 2 aliphatic rings. The molecule has 1 N–H and O–H groups in total. The maximum Gasteiger partial charge on any atom is 0.329 e. The standard InChI is InChI=1S/C24H25N3O7S/c1-16(27-22(29)19-10-3-4-11-20(19)23(27)30)24(31)34-15-21(28)25-17-8-7-9-18(14-17)35(32,33)26-12-5-2-6-13-26/h3-4,7-11,14,16H,2,5-6,12-13,15H2,1H3,(H,25,28). The lowest BCUT2D eigenvalue weighted by atomic mass is 10.1. The maximum atomic E-state index is 12.9. The number of carbonyl (C=O) groups excluding carboxylic acids is 4. The Morgan fingerprint density at radius 3 is 2.23 bits per heavy atom. The number of sulfonamides is 1. The van der Waals surface area contributed by atoms with E-state index in [4.69, 9.17) is 4.74 Å². The van der Waals surface area contributed by atoms with Gasteiger partial charge in [0.15, 0.2) is 6.61 Å². The minimum Gasteiger partial charge on any atom is -0.454 e. The van der Waals surface area contributed by atoms with E-state index < -0.39 is 46.4 Å². The lowest BCUT2D eigenvalue weighted by molar-refractivity contribution is -0.150. The minimum absolute atomic E-state index is 0.0634. The summed E-state index contributed by atoms with van der Waals surface area (Å²) in [6.07, 6.45) is 2.60. The summed E-state index contributed by atoms with van der Waals surface area (Å²) in [6.45, 7) is 1.59. The van der Waals surface area contributed by atoms with Crippen LogP contribution in [0.4, 0.5) is 5.69 Å². The van der Waals surface area contributed by atoms with Crippen LogP contribution in [-0.2, 0) is 24.3 Å². The molecule has 0 saturated carbocycles. The first-order valence-corrected chi connectivity index (χ1v) is 12.7. The van der Waals surface area contributed by atoms with E-state index in [0.717, 1.165) is 24.2 Å². The molecule has 2 aromatic carbocycles. The number of nitrogens with one attached hydrogen (secondary N) is 1. The molecule has 0 spiro atoms. The summed E-state index contributed by atoms with van der Waals surface area (Å²) in [5.74, 6) is -2.83. The van der Waals surface area contributed by atoms with Gasteiger partial charge in [-0.1, -0.05) is 24.6 Å². The average Bonchev–Trinajstić information content (AvgIpc) is 3.12. The topological polar surface area (TPSA) is 130 Å². The van der Waals surface area contributed by atoms with Gasteiger partial charge >= 0.3 is 5.97 Å². The Hall–Kier alpha value is -3.57. The number of anilines is 1. The van der Waals surface area contributed by atoms with Crippen molar-refractivity contribution in [3.63, 3.8) is 0 Å². The summed E-state index contributed by atoms with van der Waals surface area (Å²) in [5, 5.41) is 2.51. The van der Waals surface area contributed by atoms with Crippen LogP contribution in [-0.4, -0.2) is 67.1 Å². The molecule has 3 amide bonds. The van der Waals surface area contributed by atoms with Gasteiger partial charge in [-0.25, -0.2) is 13.2 Å². The quantitative estimate of drug-likeness (QED) is 0.456. The fourth-order valence-corrected chi connectivity index (χ4v) is 5.67. The molecule has 0 aromatic heterocycles. The highest BCUT2D eigenvalue weighted by Crippen LogP contribution is 2.25. The van der Waals surface area contributed by atoms with E-state index in [1.165, 1.54) is 47.6 Å². The Labute approximate surface area is 202 Å². The highest BCUT2D eigenvalue weighted by molar-refractivity contribution is 7.89. The van der Waals surface area contributed by atoms with E-state index in [1.54, 1.807) is 12.1 Å². The SMILES string of the molecule is CC(C(=O)OCC(=O)Nc1cccc(S(=O)(=O)N2CCCCC2)c1)N1C(=O)c2ccccc2C1=O. The molecule has 35 heavy (non-hydrogen) atoms. The number of amides is 3. The maximum absolute atomic E-state index is 12.9. The van der Waals surface area contributed by atoms with Crippen molar-refractivity contribution in [1.82, 2.24) is 9.21 Å². The first kappa shape index (κ1) is 24.6. The number of piperidine rings is 1. The van der Waals surface area contributed by atoms with Crippen LogP contribution >= 0.6 is 0 Å². The van der Waals surface area contributed by atoms with Gasteiger partial charge in [0.2, 0.25) is 10.0 Å². The van der Waals surface area contributed by atoms with Gasteiger partial charge in [0.1, 0.15) is 6.04 Å². The summed E-state index contributed by atoms with van der Waals surface area (Å²) in [6, 6.07) is 10.9. The third kappa shape index (κ3) is 4.96. The smallest absolute Gasteiger partial charge is 0.329 e. The predicted molar refractivity (Wildman–Crippen MR) is 125 cm³/mol. The number of imide groups is 1. The molecule has 1 fully saturated rings. The van der Waals surface area contributed by atoms with Gasteiger partial charge < -0.3 is 10.1 Å². The second-order valence-corrected chi connectivity index (χ2v) is 10.3. The molecule has 0 radical (unpaired) electrons. The second kappa shape index (κ2) is 9.96. The molecule has 2 aromatic rings. The van der Waals surface area contributed by atoms with Crippen LogP contribution in [0.25, 0.3) is 0 Å². The molecule has 184 valence electrons. The van der Waals surface area contributed by atoms with Crippen LogP contribution in [0.5, 0.6) is 0 Å². The zero-order valence-corrected chi connectivity index (χ0v) is 19.9. The molecule has 1 atom stereocenters. The highest BCUT2D eigenvalue weighted by Gasteiger charge is 2.41. The lowest BCUT2D eigenvalue weighted by Crippen LogP contribution is -2.44. The molecule has 10 nitrogen and oxygen atoms in total. The minimum atomic E-state index is -3.67. The first-order chi connectivity index (χ1) is 16.7. The van der Waals surface area contributed by atoms with Gasteiger partial charge in [0, 0.05) is 18.8 Å². The van der Waals surface area contributed by atoms with Crippen molar-refractivity contribution in [2.75, 3.05) is 25.0 Å². The molecule has 0 aliphatic carbocycles. The van der Waals surface area contributed by atoms with Crippen LogP contribution in [0.2, 0.25) is 0 Å². The Kier molecular flexibility index (Phi) is 6.99. The summed E-state index contributed by atoms with van der Waals surface area (Å²) in [7, 11) is -3.67. The van der Waals surface area contributed by atoms with E-state index >= 15 is 0 Å². The van der Waals surface area contributed by atoms with Crippen LogP contribution < -0.4 is 5.32 Å². The van der Waals surface area contributed by atoms with Gasteiger partial charge in [-0.05, 0) is 50.1 Å². The van der Waals surface area contributed by atoms with E-state index in [9.17, 15) is 27.6 Å². The number of nitrogens with zero attached hydrogens (tertiary/aromatic N) is 2. The summed E-state index contributed by atoms with van der Waals surface area (Å²) < 4.78 is 32.2. The predicted octanol–water partition coefficient (Wildman–Crippen LogP) is 2.03. The molecule has 11 heteroatoms. The van der Waals surface area contributed by atoms with Crippen molar-refractivity contribution in [2.45, 2.75) is 37.1 Å². The number of hydrogen-bond acceptors (Lipinski definition) is 7. The molecule has 4 rings (SSSR count). The van der Waals surface area contributed by atoms with E-state index in [-0.39, 0.29) is 21.7 Å². The number of ether oxygens (including phenoxy) is 1. The summed E-state index contributed by atoms with van der Waals surface area (Å²) in [5.41, 5.74) is 0.640. The Morgan fingerprint density at radius 2 is 1.60 bits per heavy atom. The fraction of sp³-hybridized carbons (Fsp3) is 0.333. The highest BCUT2D eigenvalue weighted by atomic mass is 32.2. The van der Waals surface area contributed by atoms with Crippen molar-refractivity contribution in [2.24, 2.45) is 0 Å². The molecule has 2 heterocycles. The summed E-state index contributed by atoms with van der Waals surface area (Å²) >= 11 is 0. The summed E-state index contributed by atoms with van der Waals surface area (Å²) in [4.78, 5) is 50.7. The third-order valence-corrected chi connectivity index (χ3v) is 7.86. The fourth-order valence-electron chi connectivity index (χ4n) is 4.11.